The number of halogens is 3. The lowest BCUT2D eigenvalue weighted by atomic mass is 9.72. The van der Waals surface area contributed by atoms with Crippen LogP contribution in [0.4, 0.5) is 13.2 Å². The molecule has 0 bridgehead atoms. The predicted octanol–water partition coefficient (Wildman–Crippen LogP) is 1.66. The summed E-state index contributed by atoms with van der Waals surface area (Å²) in [6.45, 7) is 0.420. The summed E-state index contributed by atoms with van der Waals surface area (Å²) in [6, 6.07) is 0. The van der Waals surface area contributed by atoms with Crippen LogP contribution in [-0.2, 0) is 4.74 Å². The number of alkyl halides is 3. The van der Waals surface area contributed by atoms with Crippen LogP contribution in [0.5, 0.6) is 0 Å². The summed E-state index contributed by atoms with van der Waals surface area (Å²) >= 11 is 0. The Kier molecular flexibility index (Phi) is 2.27. The van der Waals surface area contributed by atoms with Gasteiger partial charge >= 0.3 is 6.18 Å². The maximum atomic E-state index is 12.0. The Hall–Kier alpha value is -0.290. The molecule has 1 aliphatic carbocycles. The SMILES string of the molecule is CN1CC2CCC2(OCC(F)(F)F)C1. The molecular weight excluding hydrogens is 195 g/mol. The first-order valence-corrected chi connectivity index (χ1v) is 4.81. The van der Waals surface area contributed by atoms with Gasteiger partial charge < -0.3 is 9.64 Å². The largest absolute Gasteiger partial charge is 0.411 e. The zero-order valence-corrected chi connectivity index (χ0v) is 8.10. The highest BCUT2D eigenvalue weighted by atomic mass is 19.4. The third-order valence-corrected chi connectivity index (χ3v) is 3.25. The van der Waals surface area contributed by atoms with Crippen molar-refractivity contribution >= 4 is 0 Å². The van der Waals surface area contributed by atoms with Gasteiger partial charge in [-0.05, 0) is 19.9 Å². The summed E-state index contributed by atoms with van der Waals surface area (Å²) in [4.78, 5) is 2.05. The summed E-state index contributed by atoms with van der Waals surface area (Å²) in [6.07, 6.45) is -2.42. The van der Waals surface area contributed by atoms with E-state index in [4.69, 9.17) is 4.74 Å². The zero-order valence-electron chi connectivity index (χ0n) is 8.10. The molecule has 0 N–H and O–H groups in total. The quantitative estimate of drug-likeness (QED) is 0.685. The van der Waals surface area contributed by atoms with E-state index in [0.29, 0.717) is 12.5 Å². The monoisotopic (exact) mass is 209 g/mol. The maximum absolute atomic E-state index is 12.0. The van der Waals surface area contributed by atoms with Crippen LogP contribution < -0.4 is 0 Å². The number of nitrogens with zero attached hydrogens (tertiary/aromatic N) is 1. The number of hydrogen-bond donors (Lipinski definition) is 0. The lowest BCUT2D eigenvalue weighted by molar-refractivity contribution is -0.226. The van der Waals surface area contributed by atoms with Gasteiger partial charge in [0, 0.05) is 19.0 Å². The molecule has 5 heteroatoms. The first-order valence-electron chi connectivity index (χ1n) is 4.81. The third-order valence-electron chi connectivity index (χ3n) is 3.25. The van der Waals surface area contributed by atoms with Crippen molar-refractivity contribution in [2.45, 2.75) is 24.6 Å². The average molecular weight is 209 g/mol. The van der Waals surface area contributed by atoms with Gasteiger partial charge in [-0.3, -0.25) is 0 Å². The summed E-state index contributed by atoms with van der Waals surface area (Å²) < 4.78 is 41.0. The Balaban J connectivity index is 1.91. The van der Waals surface area contributed by atoms with Crippen LogP contribution in [-0.4, -0.2) is 43.4 Å². The van der Waals surface area contributed by atoms with Crippen LogP contribution in [0, 0.1) is 5.92 Å². The summed E-state index contributed by atoms with van der Waals surface area (Å²) in [7, 11) is 1.93. The number of fused-ring (bicyclic) bond motifs is 1. The van der Waals surface area contributed by atoms with Gasteiger partial charge in [0.05, 0.1) is 5.60 Å². The van der Waals surface area contributed by atoms with Gasteiger partial charge in [-0.2, -0.15) is 13.2 Å². The fourth-order valence-corrected chi connectivity index (χ4v) is 2.50. The molecule has 1 saturated carbocycles. The molecule has 0 amide bonds. The van der Waals surface area contributed by atoms with Crippen molar-refractivity contribution in [1.82, 2.24) is 4.90 Å². The second kappa shape index (κ2) is 3.10. The molecule has 1 aliphatic heterocycles. The van der Waals surface area contributed by atoms with E-state index in [2.05, 4.69) is 0 Å². The normalized spacial score (nSPS) is 38.1. The lowest BCUT2D eigenvalue weighted by Gasteiger charge is -2.43. The van der Waals surface area contributed by atoms with E-state index in [9.17, 15) is 13.2 Å². The molecule has 0 spiro atoms. The zero-order chi connectivity index (χ0) is 10.4. The Morgan fingerprint density at radius 3 is 2.64 bits per heavy atom. The van der Waals surface area contributed by atoms with Crippen LogP contribution in [0.1, 0.15) is 12.8 Å². The smallest absolute Gasteiger partial charge is 0.364 e. The second-order valence-corrected chi connectivity index (χ2v) is 4.40. The van der Waals surface area contributed by atoms with E-state index >= 15 is 0 Å². The van der Waals surface area contributed by atoms with Gasteiger partial charge in [0.15, 0.2) is 0 Å². The summed E-state index contributed by atoms with van der Waals surface area (Å²) in [5.74, 6) is 0.315. The number of likely N-dealkylation sites (tertiary alicyclic amines) is 1. The molecule has 2 rings (SSSR count). The average Bonchev–Trinajstić information content (AvgIpc) is 2.24. The van der Waals surface area contributed by atoms with E-state index in [-0.39, 0.29) is 0 Å². The topological polar surface area (TPSA) is 12.5 Å². The Labute approximate surface area is 81.0 Å². The standard InChI is InChI=1S/C9H14F3NO/c1-13-4-7-2-3-8(7,5-13)14-6-9(10,11)12/h7H,2-6H2,1H3. The molecule has 2 nitrogen and oxygen atoms in total. The van der Waals surface area contributed by atoms with Crippen molar-refractivity contribution in [1.29, 1.82) is 0 Å². The fraction of sp³-hybridized carbons (Fsp3) is 1.00. The number of hydrogen-bond acceptors (Lipinski definition) is 2. The Morgan fingerprint density at radius 1 is 1.50 bits per heavy atom. The molecule has 1 saturated heterocycles. The molecule has 2 atom stereocenters. The van der Waals surface area contributed by atoms with E-state index in [1.807, 2.05) is 11.9 Å². The molecule has 2 aliphatic rings. The minimum atomic E-state index is -4.20. The van der Waals surface area contributed by atoms with Crippen LogP contribution in [0.25, 0.3) is 0 Å². The van der Waals surface area contributed by atoms with Gasteiger partial charge in [0.2, 0.25) is 0 Å². The van der Waals surface area contributed by atoms with Crippen molar-refractivity contribution in [2.24, 2.45) is 5.92 Å². The lowest BCUT2D eigenvalue weighted by Crippen LogP contribution is -2.50. The predicted molar refractivity (Wildman–Crippen MR) is 45.0 cm³/mol. The summed E-state index contributed by atoms with van der Waals surface area (Å²) in [5, 5.41) is 0. The first kappa shape index (κ1) is 10.2. The number of likely N-dealkylation sites (N-methyl/N-ethyl adjacent to an activating group) is 1. The van der Waals surface area contributed by atoms with Crippen molar-refractivity contribution in [3.63, 3.8) is 0 Å². The molecule has 14 heavy (non-hydrogen) atoms. The fourth-order valence-electron chi connectivity index (χ4n) is 2.50. The highest BCUT2D eigenvalue weighted by Gasteiger charge is 2.54. The second-order valence-electron chi connectivity index (χ2n) is 4.40. The van der Waals surface area contributed by atoms with Crippen LogP contribution in [0.3, 0.4) is 0 Å². The van der Waals surface area contributed by atoms with Crippen LogP contribution in [0.15, 0.2) is 0 Å². The number of rotatable bonds is 2. The Bertz CT molecular complexity index is 231. The molecule has 82 valence electrons. The summed E-state index contributed by atoms with van der Waals surface area (Å²) in [5.41, 5.74) is -0.482. The van der Waals surface area contributed by atoms with Gasteiger partial charge in [0.25, 0.3) is 0 Å². The maximum Gasteiger partial charge on any atom is 0.411 e. The van der Waals surface area contributed by atoms with E-state index in [0.717, 1.165) is 19.4 Å². The van der Waals surface area contributed by atoms with Gasteiger partial charge in [0.1, 0.15) is 6.61 Å². The third kappa shape index (κ3) is 1.75. The Morgan fingerprint density at radius 2 is 2.21 bits per heavy atom. The van der Waals surface area contributed by atoms with Crippen LogP contribution >= 0.6 is 0 Å². The molecule has 0 aromatic heterocycles. The minimum absolute atomic E-state index is 0.315. The molecule has 2 fully saturated rings. The first-order chi connectivity index (χ1) is 6.41. The van der Waals surface area contributed by atoms with Crippen molar-refractivity contribution in [3.05, 3.63) is 0 Å². The molecular formula is C9H14F3NO. The molecule has 1 heterocycles. The van der Waals surface area contributed by atoms with E-state index in [1.165, 1.54) is 0 Å². The van der Waals surface area contributed by atoms with Gasteiger partial charge in [-0.25, -0.2) is 0 Å². The molecule has 0 aromatic carbocycles. The van der Waals surface area contributed by atoms with E-state index in [1.54, 1.807) is 0 Å². The van der Waals surface area contributed by atoms with Gasteiger partial charge in [-0.15, -0.1) is 0 Å². The molecule has 2 unspecified atom stereocenters. The van der Waals surface area contributed by atoms with Crippen LogP contribution in [0.2, 0.25) is 0 Å². The number of ether oxygens (including phenoxy) is 1. The van der Waals surface area contributed by atoms with Gasteiger partial charge in [-0.1, -0.05) is 0 Å². The molecule has 0 aromatic rings. The highest BCUT2D eigenvalue weighted by molar-refractivity contribution is 5.05. The van der Waals surface area contributed by atoms with E-state index < -0.39 is 18.4 Å². The highest BCUT2D eigenvalue weighted by Crippen LogP contribution is 2.47. The van der Waals surface area contributed by atoms with Crippen molar-refractivity contribution in [2.75, 3.05) is 26.7 Å². The van der Waals surface area contributed by atoms with Crippen molar-refractivity contribution in [3.8, 4) is 0 Å². The minimum Gasteiger partial charge on any atom is -0.364 e. The molecule has 0 radical (unpaired) electrons. The van der Waals surface area contributed by atoms with Crippen molar-refractivity contribution < 1.29 is 17.9 Å².